The Balaban J connectivity index is 1.40. The molecule has 0 saturated heterocycles. The van der Waals surface area contributed by atoms with Gasteiger partial charge in [-0.1, -0.05) is 49.4 Å². The van der Waals surface area contributed by atoms with Gasteiger partial charge in [-0.3, -0.25) is 0 Å². The lowest BCUT2D eigenvalue weighted by Crippen LogP contribution is -2.45. The van der Waals surface area contributed by atoms with Crippen LogP contribution in [0.15, 0.2) is 54.6 Å². The van der Waals surface area contributed by atoms with Crippen LogP contribution < -0.4 is 20.1 Å². The number of ether oxygens (including phenoxy) is 2. The zero-order valence-electron chi connectivity index (χ0n) is 13.7. The average Bonchev–Trinajstić information content (AvgIpc) is 2.65. The van der Waals surface area contributed by atoms with Gasteiger partial charge in [0.15, 0.2) is 17.6 Å². The van der Waals surface area contributed by atoms with E-state index in [2.05, 4.69) is 29.7 Å². The Labute approximate surface area is 142 Å². The van der Waals surface area contributed by atoms with Crippen molar-refractivity contribution in [3.05, 3.63) is 60.2 Å². The largest absolute Gasteiger partial charge is 0.486 e. The molecule has 1 aliphatic rings. The van der Waals surface area contributed by atoms with Gasteiger partial charge in [0.1, 0.15) is 6.61 Å². The smallest absolute Gasteiger partial charge is 0.314 e. The van der Waals surface area contributed by atoms with Crippen molar-refractivity contribution in [1.82, 2.24) is 10.6 Å². The van der Waals surface area contributed by atoms with E-state index < -0.39 is 0 Å². The molecule has 0 radical (unpaired) electrons. The molecule has 2 aromatic carbocycles. The summed E-state index contributed by atoms with van der Waals surface area (Å²) < 4.78 is 11.4. The van der Waals surface area contributed by atoms with Gasteiger partial charge >= 0.3 is 6.03 Å². The zero-order chi connectivity index (χ0) is 16.8. The van der Waals surface area contributed by atoms with Crippen LogP contribution in [0.5, 0.6) is 11.5 Å². The molecular formula is C19H22N2O3. The summed E-state index contributed by atoms with van der Waals surface area (Å²) in [6.07, 6.45) is -0.183. The number of benzene rings is 2. The number of hydrogen-bond donors (Lipinski definition) is 2. The lowest BCUT2D eigenvalue weighted by atomic mass is 10.0. The minimum atomic E-state index is -0.194. The number of carbonyl (C=O) groups excluding carboxylic acids is 1. The van der Waals surface area contributed by atoms with Gasteiger partial charge < -0.3 is 20.1 Å². The first-order valence-corrected chi connectivity index (χ1v) is 8.17. The van der Waals surface area contributed by atoms with E-state index in [9.17, 15) is 4.79 Å². The van der Waals surface area contributed by atoms with Crippen molar-refractivity contribution in [1.29, 1.82) is 0 Å². The van der Waals surface area contributed by atoms with Crippen LogP contribution in [-0.2, 0) is 0 Å². The molecule has 2 atom stereocenters. The summed E-state index contributed by atoms with van der Waals surface area (Å²) in [5.41, 5.74) is 1.21. The normalized spacial score (nSPS) is 17.0. The number of amides is 2. The predicted octanol–water partition coefficient (Wildman–Crippen LogP) is 2.93. The third kappa shape index (κ3) is 4.19. The zero-order valence-corrected chi connectivity index (χ0v) is 13.7. The van der Waals surface area contributed by atoms with E-state index in [0.717, 1.165) is 5.75 Å². The number of urea groups is 1. The van der Waals surface area contributed by atoms with Gasteiger partial charge in [0.25, 0.3) is 0 Å². The Bertz CT molecular complexity index is 675. The van der Waals surface area contributed by atoms with Crippen LogP contribution in [0, 0.1) is 0 Å². The standard InChI is InChI=1S/C19H22N2O3/c1-14(15-7-3-2-4-8-15)11-20-19(22)21-12-16-13-23-17-9-5-6-10-18(17)24-16/h2-10,14,16H,11-13H2,1H3,(H2,20,21,22). The Morgan fingerprint density at radius 3 is 2.58 bits per heavy atom. The second-order valence-electron chi connectivity index (χ2n) is 5.90. The molecule has 0 aliphatic carbocycles. The van der Waals surface area contributed by atoms with E-state index in [0.29, 0.717) is 25.4 Å². The Kier molecular flexibility index (Phi) is 5.21. The van der Waals surface area contributed by atoms with Crippen molar-refractivity contribution in [2.24, 2.45) is 0 Å². The van der Waals surface area contributed by atoms with Crippen molar-refractivity contribution < 1.29 is 14.3 Å². The first-order valence-electron chi connectivity index (χ1n) is 8.17. The van der Waals surface area contributed by atoms with Crippen molar-refractivity contribution in [3.8, 4) is 11.5 Å². The number of carbonyl (C=O) groups is 1. The molecule has 0 spiro atoms. The molecule has 2 N–H and O–H groups in total. The summed E-state index contributed by atoms with van der Waals surface area (Å²) in [5, 5.41) is 5.73. The predicted molar refractivity (Wildman–Crippen MR) is 92.6 cm³/mol. The van der Waals surface area contributed by atoms with E-state index in [-0.39, 0.29) is 18.1 Å². The van der Waals surface area contributed by atoms with Crippen LogP contribution >= 0.6 is 0 Å². The highest BCUT2D eigenvalue weighted by molar-refractivity contribution is 5.73. The summed E-state index contributed by atoms with van der Waals surface area (Å²) in [7, 11) is 0. The van der Waals surface area contributed by atoms with Crippen LogP contribution in [0.4, 0.5) is 4.79 Å². The molecule has 5 nitrogen and oxygen atoms in total. The Morgan fingerprint density at radius 2 is 1.79 bits per heavy atom. The number of hydrogen-bond acceptors (Lipinski definition) is 3. The highest BCUT2D eigenvalue weighted by Gasteiger charge is 2.21. The van der Waals surface area contributed by atoms with Gasteiger partial charge in [-0.05, 0) is 23.6 Å². The molecule has 2 amide bonds. The second kappa shape index (κ2) is 7.73. The molecule has 1 aliphatic heterocycles. The summed E-state index contributed by atoms with van der Waals surface area (Å²) >= 11 is 0. The highest BCUT2D eigenvalue weighted by atomic mass is 16.6. The lowest BCUT2D eigenvalue weighted by Gasteiger charge is -2.26. The number of rotatable bonds is 5. The third-order valence-corrected chi connectivity index (χ3v) is 4.00. The summed E-state index contributed by atoms with van der Waals surface area (Å²) in [6.45, 7) is 3.50. The molecule has 0 aromatic heterocycles. The van der Waals surface area contributed by atoms with E-state index >= 15 is 0 Å². The van der Waals surface area contributed by atoms with Crippen LogP contribution in [0.1, 0.15) is 18.4 Å². The molecule has 2 unspecified atom stereocenters. The number of nitrogens with one attached hydrogen (secondary N) is 2. The molecule has 0 saturated carbocycles. The fraction of sp³-hybridized carbons (Fsp3) is 0.316. The van der Waals surface area contributed by atoms with Gasteiger partial charge in [0.2, 0.25) is 0 Å². The fourth-order valence-corrected chi connectivity index (χ4v) is 2.58. The minimum Gasteiger partial charge on any atom is -0.486 e. The van der Waals surface area contributed by atoms with Gasteiger partial charge in [-0.2, -0.15) is 0 Å². The van der Waals surface area contributed by atoms with Crippen molar-refractivity contribution in [3.63, 3.8) is 0 Å². The fourth-order valence-electron chi connectivity index (χ4n) is 2.58. The third-order valence-electron chi connectivity index (χ3n) is 4.00. The molecule has 3 rings (SSSR count). The van der Waals surface area contributed by atoms with Crippen molar-refractivity contribution >= 4 is 6.03 Å². The topological polar surface area (TPSA) is 59.6 Å². The van der Waals surface area contributed by atoms with E-state index in [1.54, 1.807) is 0 Å². The van der Waals surface area contributed by atoms with Crippen molar-refractivity contribution in [2.75, 3.05) is 19.7 Å². The highest BCUT2D eigenvalue weighted by Crippen LogP contribution is 2.30. The maximum Gasteiger partial charge on any atom is 0.314 e. The first kappa shape index (κ1) is 16.2. The van der Waals surface area contributed by atoms with Gasteiger partial charge in [0.05, 0.1) is 6.54 Å². The SMILES string of the molecule is CC(CNC(=O)NCC1COc2ccccc2O1)c1ccccc1. The molecule has 126 valence electrons. The molecule has 5 heteroatoms. The van der Waals surface area contributed by atoms with Gasteiger partial charge in [0, 0.05) is 6.54 Å². The van der Waals surface area contributed by atoms with E-state index in [1.165, 1.54) is 5.56 Å². The number of para-hydroxylation sites is 2. The maximum absolute atomic E-state index is 11.9. The van der Waals surface area contributed by atoms with Crippen LogP contribution in [0.2, 0.25) is 0 Å². The van der Waals surface area contributed by atoms with E-state index in [4.69, 9.17) is 9.47 Å². The quantitative estimate of drug-likeness (QED) is 0.888. The molecule has 0 bridgehead atoms. The lowest BCUT2D eigenvalue weighted by molar-refractivity contribution is 0.0918. The molecule has 24 heavy (non-hydrogen) atoms. The van der Waals surface area contributed by atoms with Crippen LogP contribution in [0.25, 0.3) is 0 Å². The van der Waals surface area contributed by atoms with Gasteiger partial charge in [-0.15, -0.1) is 0 Å². The minimum absolute atomic E-state index is 0.183. The Morgan fingerprint density at radius 1 is 1.08 bits per heavy atom. The summed E-state index contributed by atoms with van der Waals surface area (Å²) in [6, 6.07) is 17.5. The maximum atomic E-state index is 11.9. The monoisotopic (exact) mass is 326 g/mol. The molecule has 0 fully saturated rings. The summed E-state index contributed by atoms with van der Waals surface area (Å²) in [5.74, 6) is 1.72. The van der Waals surface area contributed by atoms with E-state index in [1.807, 2.05) is 42.5 Å². The molecular weight excluding hydrogens is 304 g/mol. The molecule has 2 aromatic rings. The summed E-state index contributed by atoms with van der Waals surface area (Å²) in [4.78, 5) is 11.9. The van der Waals surface area contributed by atoms with Crippen molar-refractivity contribution in [2.45, 2.75) is 18.9 Å². The van der Waals surface area contributed by atoms with Crippen LogP contribution in [-0.4, -0.2) is 31.8 Å². The second-order valence-corrected chi connectivity index (χ2v) is 5.90. The average molecular weight is 326 g/mol. The molecule has 1 heterocycles. The first-order chi connectivity index (χ1) is 11.7. The van der Waals surface area contributed by atoms with Crippen LogP contribution in [0.3, 0.4) is 0 Å². The number of fused-ring (bicyclic) bond motifs is 1. The van der Waals surface area contributed by atoms with Gasteiger partial charge in [-0.25, -0.2) is 4.79 Å². The Hall–Kier alpha value is -2.69.